The number of nitrogens with zero attached hydrogens (tertiary/aromatic N) is 1. The molecule has 0 radical (unpaired) electrons. The van der Waals surface area contributed by atoms with Crippen LogP contribution in [0.3, 0.4) is 0 Å². The van der Waals surface area contributed by atoms with Crippen molar-refractivity contribution in [3.8, 4) is 5.75 Å². The fourth-order valence-corrected chi connectivity index (χ4v) is 2.56. The first kappa shape index (κ1) is 16.8. The molecule has 23 heavy (non-hydrogen) atoms. The number of anilines is 1. The Morgan fingerprint density at radius 2 is 1.70 bits per heavy atom. The molecule has 0 aliphatic heterocycles. The van der Waals surface area contributed by atoms with E-state index in [0.29, 0.717) is 5.56 Å². The van der Waals surface area contributed by atoms with Crippen LogP contribution in [0.15, 0.2) is 67.3 Å². The SMILES string of the molecule is C=C[C@@H](C(C)C)N(C(=O)c1ccccc1)c1ccc(OC)cc1. The van der Waals surface area contributed by atoms with Crippen molar-refractivity contribution >= 4 is 11.6 Å². The third-order valence-electron chi connectivity index (χ3n) is 3.81. The fourth-order valence-electron chi connectivity index (χ4n) is 2.56. The van der Waals surface area contributed by atoms with Gasteiger partial charge in [-0.05, 0) is 42.3 Å². The molecular formula is C20H23NO2. The van der Waals surface area contributed by atoms with Gasteiger partial charge in [0.25, 0.3) is 5.91 Å². The molecule has 0 aromatic heterocycles. The summed E-state index contributed by atoms with van der Waals surface area (Å²) >= 11 is 0. The number of hydrogen-bond donors (Lipinski definition) is 0. The molecule has 0 spiro atoms. The zero-order valence-electron chi connectivity index (χ0n) is 13.9. The van der Waals surface area contributed by atoms with E-state index in [9.17, 15) is 4.79 Å². The maximum atomic E-state index is 13.1. The van der Waals surface area contributed by atoms with E-state index >= 15 is 0 Å². The van der Waals surface area contributed by atoms with Crippen LogP contribution in [-0.2, 0) is 0 Å². The number of ether oxygens (including phenoxy) is 1. The lowest BCUT2D eigenvalue weighted by molar-refractivity contribution is 0.0976. The predicted molar refractivity (Wildman–Crippen MR) is 95.1 cm³/mol. The minimum Gasteiger partial charge on any atom is -0.497 e. The standard InChI is InChI=1S/C20H23NO2/c1-5-19(15(2)3)21(17-11-13-18(23-4)14-12-17)20(22)16-9-7-6-8-10-16/h5-15,19H,1H2,2-4H3/t19-/m0/s1. The van der Waals surface area contributed by atoms with Gasteiger partial charge in [-0.2, -0.15) is 0 Å². The molecule has 0 heterocycles. The molecule has 1 amide bonds. The summed E-state index contributed by atoms with van der Waals surface area (Å²) in [5.74, 6) is 0.984. The number of methoxy groups -OCH3 is 1. The van der Waals surface area contributed by atoms with Crippen LogP contribution >= 0.6 is 0 Å². The minimum atomic E-state index is -0.0869. The number of amides is 1. The molecular weight excluding hydrogens is 286 g/mol. The lowest BCUT2D eigenvalue weighted by atomic mass is 10.0. The van der Waals surface area contributed by atoms with Gasteiger partial charge >= 0.3 is 0 Å². The molecule has 0 bridgehead atoms. The summed E-state index contributed by atoms with van der Waals surface area (Å²) in [5, 5.41) is 0. The average Bonchev–Trinajstić information content (AvgIpc) is 2.59. The summed E-state index contributed by atoms with van der Waals surface area (Å²) in [7, 11) is 1.63. The Labute approximate surface area is 138 Å². The number of carbonyl (C=O) groups excluding carboxylic acids is 1. The zero-order valence-corrected chi connectivity index (χ0v) is 13.9. The lowest BCUT2D eigenvalue weighted by Gasteiger charge is -2.32. The molecule has 3 heteroatoms. The maximum Gasteiger partial charge on any atom is 0.258 e. The highest BCUT2D eigenvalue weighted by Crippen LogP contribution is 2.26. The van der Waals surface area contributed by atoms with Gasteiger partial charge in [0.05, 0.1) is 13.2 Å². The summed E-state index contributed by atoms with van der Waals surface area (Å²) in [6, 6.07) is 16.8. The van der Waals surface area contributed by atoms with Crippen LogP contribution in [0, 0.1) is 5.92 Å². The Bertz CT molecular complexity index is 647. The summed E-state index contributed by atoms with van der Waals surface area (Å²) in [4.78, 5) is 14.8. The van der Waals surface area contributed by atoms with Crippen molar-refractivity contribution in [3.63, 3.8) is 0 Å². The second-order valence-corrected chi connectivity index (χ2v) is 5.71. The highest BCUT2D eigenvalue weighted by Gasteiger charge is 2.26. The van der Waals surface area contributed by atoms with E-state index in [1.54, 1.807) is 12.0 Å². The van der Waals surface area contributed by atoms with Crippen molar-refractivity contribution in [2.45, 2.75) is 19.9 Å². The van der Waals surface area contributed by atoms with Crippen LogP contribution in [-0.4, -0.2) is 19.1 Å². The average molecular weight is 309 g/mol. The first-order chi connectivity index (χ1) is 11.1. The van der Waals surface area contributed by atoms with E-state index in [1.165, 1.54) is 0 Å². The van der Waals surface area contributed by atoms with Gasteiger partial charge in [-0.15, -0.1) is 6.58 Å². The smallest absolute Gasteiger partial charge is 0.258 e. The topological polar surface area (TPSA) is 29.5 Å². The van der Waals surface area contributed by atoms with Crippen molar-refractivity contribution in [1.29, 1.82) is 0 Å². The molecule has 0 fully saturated rings. The second kappa shape index (κ2) is 7.63. The van der Waals surface area contributed by atoms with Crippen LogP contribution in [0.1, 0.15) is 24.2 Å². The van der Waals surface area contributed by atoms with Gasteiger partial charge in [-0.1, -0.05) is 38.1 Å². The number of hydrogen-bond acceptors (Lipinski definition) is 2. The second-order valence-electron chi connectivity index (χ2n) is 5.71. The van der Waals surface area contributed by atoms with Crippen molar-refractivity contribution in [2.24, 2.45) is 5.92 Å². The van der Waals surface area contributed by atoms with Crippen LogP contribution < -0.4 is 9.64 Å². The maximum absolute atomic E-state index is 13.1. The highest BCUT2D eigenvalue weighted by molar-refractivity contribution is 6.06. The predicted octanol–water partition coefficient (Wildman–Crippen LogP) is 4.55. The Hall–Kier alpha value is -2.55. The molecule has 2 aromatic carbocycles. The summed E-state index contributed by atoms with van der Waals surface area (Å²) in [6.07, 6.45) is 1.83. The largest absolute Gasteiger partial charge is 0.497 e. The zero-order chi connectivity index (χ0) is 16.8. The molecule has 0 aliphatic carbocycles. The molecule has 0 saturated carbocycles. The number of carbonyl (C=O) groups is 1. The Morgan fingerprint density at radius 3 is 2.17 bits per heavy atom. The third kappa shape index (κ3) is 3.81. The Balaban J connectivity index is 2.46. The van der Waals surface area contributed by atoms with Gasteiger partial charge in [0.2, 0.25) is 0 Å². The van der Waals surface area contributed by atoms with Crippen molar-refractivity contribution in [2.75, 3.05) is 12.0 Å². The van der Waals surface area contributed by atoms with Gasteiger partial charge in [-0.25, -0.2) is 0 Å². The summed E-state index contributed by atoms with van der Waals surface area (Å²) in [6.45, 7) is 8.09. The molecule has 0 N–H and O–H groups in total. The minimum absolute atomic E-state index is 0.0330. The van der Waals surface area contributed by atoms with Crippen molar-refractivity contribution in [1.82, 2.24) is 0 Å². The molecule has 2 rings (SSSR count). The van der Waals surface area contributed by atoms with Crippen LogP contribution in [0.2, 0.25) is 0 Å². The third-order valence-corrected chi connectivity index (χ3v) is 3.81. The highest BCUT2D eigenvalue weighted by atomic mass is 16.5. The number of rotatable bonds is 6. The van der Waals surface area contributed by atoms with E-state index in [1.807, 2.05) is 60.7 Å². The summed E-state index contributed by atoms with van der Waals surface area (Å²) in [5.41, 5.74) is 1.49. The normalized spacial score (nSPS) is 11.8. The lowest BCUT2D eigenvalue weighted by Crippen LogP contribution is -2.42. The molecule has 2 aromatic rings. The van der Waals surface area contributed by atoms with Gasteiger partial charge in [-0.3, -0.25) is 4.79 Å². The quantitative estimate of drug-likeness (QED) is 0.732. The van der Waals surface area contributed by atoms with Gasteiger partial charge in [0.1, 0.15) is 5.75 Å². The Kier molecular flexibility index (Phi) is 5.58. The fraction of sp³-hybridized carbons (Fsp3) is 0.250. The molecule has 0 unspecified atom stereocenters. The van der Waals surface area contributed by atoms with E-state index in [4.69, 9.17) is 4.74 Å². The van der Waals surface area contributed by atoms with E-state index < -0.39 is 0 Å². The molecule has 3 nitrogen and oxygen atoms in total. The van der Waals surface area contributed by atoms with Crippen molar-refractivity contribution < 1.29 is 9.53 Å². The van der Waals surface area contributed by atoms with E-state index in [-0.39, 0.29) is 17.9 Å². The van der Waals surface area contributed by atoms with E-state index in [2.05, 4.69) is 20.4 Å². The van der Waals surface area contributed by atoms with Gasteiger partial charge < -0.3 is 9.64 Å². The number of benzene rings is 2. The van der Waals surface area contributed by atoms with Crippen molar-refractivity contribution in [3.05, 3.63) is 72.8 Å². The van der Waals surface area contributed by atoms with E-state index in [0.717, 1.165) is 11.4 Å². The van der Waals surface area contributed by atoms with Gasteiger partial charge in [0.15, 0.2) is 0 Å². The first-order valence-corrected chi connectivity index (χ1v) is 7.73. The van der Waals surface area contributed by atoms with Gasteiger partial charge in [0, 0.05) is 11.3 Å². The summed E-state index contributed by atoms with van der Waals surface area (Å²) < 4.78 is 5.20. The molecule has 120 valence electrons. The van der Waals surface area contributed by atoms with Crippen LogP contribution in [0.4, 0.5) is 5.69 Å². The molecule has 0 aliphatic rings. The van der Waals surface area contributed by atoms with Crippen LogP contribution in [0.5, 0.6) is 5.75 Å². The monoisotopic (exact) mass is 309 g/mol. The first-order valence-electron chi connectivity index (χ1n) is 7.73. The Morgan fingerprint density at radius 1 is 1.09 bits per heavy atom. The molecule has 0 saturated heterocycles. The van der Waals surface area contributed by atoms with Crippen LogP contribution in [0.25, 0.3) is 0 Å². The molecule has 1 atom stereocenters.